The second-order valence-electron chi connectivity index (χ2n) is 17.7. The van der Waals surface area contributed by atoms with Gasteiger partial charge in [-0.05, 0) is 46.6 Å². The maximum absolute atomic E-state index is 13.2. The predicted molar refractivity (Wildman–Crippen MR) is 224 cm³/mol. The molecule has 3 amide bonds. The molecule has 0 bridgehead atoms. The number of hydrogen-bond acceptors (Lipinski definition) is 25. The van der Waals surface area contributed by atoms with Crippen molar-refractivity contribution in [3.8, 4) is 0 Å². The maximum atomic E-state index is 13.2. The number of aliphatic hydroxyl groups excluding tert-OH is 9. The Balaban J connectivity index is 1.59. The lowest BCUT2D eigenvalue weighted by Crippen LogP contribution is -2.71. The number of carbonyl (C=O) groups excluding carboxylic acids is 4. The zero-order chi connectivity index (χ0) is 51.0. The summed E-state index contributed by atoms with van der Waals surface area (Å²) < 4.78 is 66.1. The van der Waals surface area contributed by atoms with Crippen molar-refractivity contribution >= 4 is 24.2 Å². The highest BCUT2D eigenvalue weighted by Crippen LogP contribution is 2.37. The predicted octanol–water partition coefficient (Wildman–Crippen LogP) is -7.12. The largest absolute Gasteiger partial charge is 0.435 e. The number of nitrogens with two attached hydrogens (primary N) is 1. The van der Waals surface area contributed by atoms with E-state index in [0.29, 0.717) is 19.4 Å². The fraction of sp³-hybridized carbons (Fsp3) is 0.902. The van der Waals surface area contributed by atoms with Crippen molar-refractivity contribution in [1.29, 1.82) is 0 Å². The third-order valence-corrected chi connectivity index (χ3v) is 12.4. The molecule has 28 heteroatoms. The first-order valence-electron chi connectivity index (χ1n) is 22.8. The molecule has 5 aliphatic rings. The van der Waals surface area contributed by atoms with Crippen LogP contribution in [0.25, 0.3) is 0 Å². The molecular formula is C41H70N4O24. The van der Waals surface area contributed by atoms with Gasteiger partial charge in [-0.25, -0.2) is 0 Å². The van der Waals surface area contributed by atoms with E-state index in [1.165, 1.54) is 27.7 Å². The van der Waals surface area contributed by atoms with Gasteiger partial charge in [0.15, 0.2) is 31.5 Å². The monoisotopic (exact) mass is 1000 g/mol. The fourth-order valence-corrected chi connectivity index (χ4v) is 8.74. The lowest BCUT2D eigenvalue weighted by molar-refractivity contribution is -0.402. The van der Waals surface area contributed by atoms with Crippen LogP contribution in [0.5, 0.6) is 0 Å². The van der Waals surface area contributed by atoms with Crippen LogP contribution in [-0.4, -0.2) is 243 Å². The molecule has 0 saturated carbocycles. The summed E-state index contributed by atoms with van der Waals surface area (Å²) >= 11 is 0. The van der Waals surface area contributed by atoms with Crippen molar-refractivity contribution in [2.75, 3.05) is 19.8 Å². The van der Waals surface area contributed by atoms with Crippen molar-refractivity contribution in [3.05, 3.63) is 0 Å². The van der Waals surface area contributed by atoms with Gasteiger partial charge in [0, 0.05) is 27.4 Å². The van der Waals surface area contributed by atoms with Gasteiger partial charge in [-0.2, -0.15) is 0 Å². The summed E-state index contributed by atoms with van der Waals surface area (Å²) in [5, 5.41) is 106. The number of nitrogens with one attached hydrogen (secondary N) is 3. The van der Waals surface area contributed by atoms with Crippen LogP contribution in [-0.2, 0) is 71.3 Å². The quantitative estimate of drug-likeness (QED) is 0.0398. The normalized spacial score (nSPS) is 45.0. The minimum Gasteiger partial charge on any atom is -0.435 e. The van der Waals surface area contributed by atoms with E-state index in [0.717, 1.165) is 20.3 Å². The van der Waals surface area contributed by atoms with Gasteiger partial charge in [0.2, 0.25) is 24.0 Å². The number of carbonyl (C=O) groups is 4. The van der Waals surface area contributed by atoms with Crippen molar-refractivity contribution < 1.29 is 117 Å². The van der Waals surface area contributed by atoms with E-state index in [2.05, 4.69) is 16.0 Å². The Hall–Kier alpha value is -2.92. The van der Waals surface area contributed by atoms with Gasteiger partial charge in [0.05, 0.1) is 24.9 Å². The molecule has 398 valence electrons. The van der Waals surface area contributed by atoms with Crippen LogP contribution in [0, 0.1) is 0 Å². The Labute approximate surface area is 396 Å². The molecule has 5 saturated heterocycles. The molecule has 69 heavy (non-hydrogen) atoms. The number of aliphatic hydroxyl groups is 9. The van der Waals surface area contributed by atoms with E-state index in [4.69, 9.17) is 57.8 Å². The van der Waals surface area contributed by atoms with E-state index < -0.39 is 178 Å². The highest BCUT2D eigenvalue weighted by atomic mass is 16.8. The molecule has 5 heterocycles. The lowest BCUT2D eigenvalue weighted by Gasteiger charge is -2.52. The first kappa shape index (κ1) is 57.0. The van der Waals surface area contributed by atoms with Crippen molar-refractivity contribution in [1.82, 2.24) is 16.0 Å². The average molecular weight is 1000 g/mol. The van der Waals surface area contributed by atoms with E-state index in [-0.39, 0.29) is 13.1 Å². The van der Waals surface area contributed by atoms with Crippen LogP contribution in [0.2, 0.25) is 0 Å². The molecule has 10 unspecified atom stereocenters. The van der Waals surface area contributed by atoms with Crippen LogP contribution in [0.3, 0.4) is 0 Å². The summed E-state index contributed by atoms with van der Waals surface area (Å²) in [6.45, 7) is 7.35. The second kappa shape index (κ2) is 25.6. The summed E-state index contributed by atoms with van der Waals surface area (Å²) in [5.41, 5.74) is 5.63. The van der Waals surface area contributed by atoms with Crippen LogP contribution in [0.15, 0.2) is 0 Å². The zero-order valence-electron chi connectivity index (χ0n) is 39.0. The molecule has 28 nitrogen and oxygen atoms in total. The lowest BCUT2D eigenvalue weighted by atomic mass is 9.93. The van der Waals surface area contributed by atoms with Gasteiger partial charge >= 0.3 is 0 Å². The summed E-state index contributed by atoms with van der Waals surface area (Å²) in [4.78, 5) is 49.8. The van der Waals surface area contributed by atoms with E-state index in [1.54, 1.807) is 0 Å². The third kappa shape index (κ3) is 13.8. The smallest absolute Gasteiger partial charge is 0.295 e. The molecule has 0 spiro atoms. The van der Waals surface area contributed by atoms with Gasteiger partial charge in [-0.15, -0.1) is 0 Å². The Morgan fingerprint density at radius 2 is 1.03 bits per heavy atom. The first-order valence-corrected chi connectivity index (χ1v) is 22.8. The average Bonchev–Trinajstić information content (AvgIpc) is 3.29. The number of rotatable bonds is 20. The Morgan fingerprint density at radius 3 is 1.64 bits per heavy atom. The highest BCUT2D eigenvalue weighted by molar-refractivity contribution is 5.74. The third-order valence-electron chi connectivity index (χ3n) is 12.4. The molecule has 0 radical (unpaired) electrons. The van der Waals surface area contributed by atoms with Crippen LogP contribution < -0.4 is 21.7 Å². The number of amides is 3. The number of hydrogen-bond donors (Lipinski definition) is 13. The summed E-state index contributed by atoms with van der Waals surface area (Å²) in [7, 11) is 0. The standard InChI is InChI=1S/C41H70N4O24/c1-14-24(51)27(54)21(43-17(4)48)37(62-14)68-35-29(56)31(58)39(60-13-47)69-41(35)67-34-23(45-19(6)50)38(63-16(3)32(34)65-40-30(57)28(55)26(53)20(12-46)64-40)66-33-22(44-18(5)49)36(61-15(2)25(33)52)59-11-9-7-8-10-42/h13-16,20-41,46,51-58H,7-12,42H2,1-6H3,(H,43,48)(H,44,49)(H,45,50)/t14?,15?,16?,20?,21?,22?,23?,24-,25-,26-,27-,28+,29+,30?,31+,32-,33-,34-,35?,36-,37+,38+,39?,40+,41-/m1/s1. The van der Waals surface area contributed by atoms with Gasteiger partial charge in [-0.3, -0.25) is 19.2 Å². The molecule has 0 aromatic carbocycles. The topological polar surface area (TPSA) is 414 Å². The van der Waals surface area contributed by atoms with E-state index in [9.17, 15) is 65.1 Å². The highest BCUT2D eigenvalue weighted by Gasteiger charge is 2.58. The maximum Gasteiger partial charge on any atom is 0.295 e. The fourth-order valence-electron chi connectivity index (χ4n) is 8.74. The molecule has 0 aromatic rings. The molecule has 25 atom stereocenters. The Bertz CT molecular complexity index is 1660. The van der Waals surface area contributed by atoms with Gasteiger partial charge < -0.3 is 120 Å². The molecule has 0 aliphatic carbocycles. The molecule has 5 fully saturated rings. The second-order valence-corrected chi connectivity index (χ2v) is 17.7. The summed E-state index contributed by atoms with van der Waals surface area (Å²) in [6, 6.07) is -4.41. The van der Waals surface area contributed by atoms with Gasteiger partial charge in [0.25, 0.3) is 6.47 Å². The van der Waals surface area contributed by atoms with E-state index in [1.807, 2.05) is 0 Å². The zero-order valence-corrected chi connectivity index (χ0v) is 39.0. The molecule has 14 N–H and O–H groups in total. The minimum atomic E-state index is -2.13. The summed E-state index contributed by atoms with van der Waals surface area (Å²) in [6.07, 6.45) is -35.1. The minimum absolute atomic E-state index is 0.107. The molecular weight excluding hydrogens is 932 g/mol. The van der Waals surface area contributed by atoms with Gasteiger partial charge in [0.1, 0.15) is 97.5 Å². The van der Waals surface area contributed by atoms with Crippen molar-refractivity contribution in [3.63, 3.8) is 0 Å². The van der Waals surface area contributed by atoms with Crippen LogP contribution in [0.4, 0.5) is 0 Å². The number of ether oxygens (including phenoxy) is 11. The van der Waals surface area contributed by atoms with Crippen LogP contribution in [0.1, 0.15) is 60.8 Å². The molecule has 5 aliphatic heterocycles. The summed E-state index contributed by atoms with van der Waals surface area (Å²) in [5.74, 6) is -2.05. The Morgan fingerprint density at radius 1 is 0.507 bits per heavy atom. The first-order chi connectivity index (χ1) is 32.6. The Kier molecular flexibility index (Phi) is 21.2. The SMILES string of the molecule is CC(=O)NC1[C@H](OC2[C@H](O[C@@H]3C(NC(C)=O)[C@H](O[C@@H]4C(NC(C)=O)[C@H](OCCCCCN)OC(C)[C@H]4O)OC(C)[C@H]3O[C@@H]3OC(CO)[C@@H](O)[C@H](O)C3O)OC(OC=O)[C@@H](O)[C@@H]2O)OC(C)[C@@H](O)[C@@H]1O. The van der Waals surface area contributed by atoms with Crippen molar-refractivity contribution in [2.24, 2.45) is 5.73 Å². The van der Waals surface area contributed by atoms with Crippen LogP contribution >= 0.6 is 0 Å². The number of unbranched alkanes of at least 4 members (excludes halogenated alkanes) is 2. The van der Waals surface area contributed by atoms with Crippen molar-refractivity contribution in [2.45, 2.75) is 214 Å². The van der Waals surface area contributed by atoms with E-state index >= 15 is 0 Å². The van der Waals surface area contributed by atoms with Gasteiger partial charge in [-0.1, -0.05) is 0 Å². The molecule has 0 aromatic heterocycles. The molecule has 5 rings (SSSR count).